The monoisotopic (exact) mass is 380 g/mol. The average molecular weight is 381 g/mol. The molecule has 144 valence electrons. The first kappa shape index (κ1) is 20.7. The summed E-state index contributed by atoms with van der Waals surface area (Å²) < 4.78 is 0. The zero-order chi connectivity index (χ0) is 19.1. The molecule has 1 saturated heterocycles. The first-order valence-corrected chi connectivity index (χ1v) is 9.92. The second-order valence-corrected chi connectivity index (χ2v) is 8.03. The Morgan fingerprint density at radius 2 is 1.96 bits per heavy atom. The summed E-state index contributed by atoms with van der Waals surface area (Å²) in [4.78, 5) is 28.8. The SMILES string of the molecule is CN(C)[C@H]1CCN(C(=O)c2ccc(SCCO)cc2)C[C@H]1CCC(=O)O. The number of hydrogen-bond acceptors (Lipinski definition) is 5. The van der Waals surface area contributed by atoms with Crippen molar-refractivity contribution in [2.45, 2.75) is 30.2 Å². The number of amides is 1. The number of aliphatic hydroxyl groups excluding tert-OH is 1. The molecule has 1 heterocycles. The van der Waals surface area contributed by atoms with E-state index in [0.29, 0.717) is 36.9 Å². The number of thioether (sulfide) groups is 1. The second kappa shape index (κ2) is 9.94. The summed E-state index contributed by atoms with van der Waals surface area (Å²) in [5, 5.41) is 17.9. The van der Waals surface area contributed by atoms with Crippen molar-refractivity contribution in [2.24, 2.45) is 5.92 Å². The molecule has 1 amide bonds. The summed E-state index contributed by atoms with van der Waals surface area (Å²) in [6, 6.07) is 7.76. The lowest BCUT2D eigenvalue weighted by molar-refractivity contribution is -0.137. The van der Waals surface area contributed by atoms with Crippen LogP contribution in [0.4, 0.5) is 0 Å². The molecular formula is C19H28N2O4S. The van der Waals surface area contributed by atoms with E-state index in [9.17, 15) is 9.59 Å². The standard InChI is InChI=1S/C19H28N2O4S/c1-20(2)17-9-10-21(13-15(17)5-8-18(23)24)19(25)14-3-6-16(7-4-14)26-12-11-22/h3-4,6-7,15,17,22H,5,8-13H2,1-2H3,(H,23,24)/t15-,17+/m1/s1. The molecule has 6 nitrogen and oxygen atoms in total. The summed E-state index contributed by atoms with van der Waals surface area (Å²) in [5.74, 6) is 0.0118. The van der Waals surface area contributed by atoms with Crippen molar-refractivity contribution in [1.82, 2.24) is 9.80 Å². The van der Waals surface area contributed by atoms with Crippen molar-refractivity contribution in [3.63, 3.8) is 0 Å². The molecule has 2 atom stereocenters. The van der Waals surface area contributed by atoms with E-state index in [1.54, 1.807) is 11.8 Å². The lowest BCUT2D eigenvalue weighted by Gasteiger charge is -2.41. The van der Waals surface area contributed by atoms with E-state index in [2.05, 4.69) is 4.90 Å². The van der Waals surface area contributed by atoms with Crippen molar-refractivity contribution >= 4 is 23.6 Å². The number of hydrogen-bond donors (Lipinski definition) is 2. The van der Waals surface area contributed by atoms with Gasteiger partial charge < -0.3 is 20.0 Å². The molecule has 1 fully saturated rings. The van der Waals surface area contributed by atoms with Crippen molar-refractivity contribution in [3.05, 3.63) is 29.8 Å². The molecule has 7 heteroatoms. The highest BCUT2D eigenvalue weighted by molar-refractivity contribution is 7.99. The van der Waals surface area contributed by atoms with Crippen molar-refractivity contribution in [3.8, 4) is 0 Å². The highest BCUT2D eigenvalue weighted by Crippen LogP contribution is 2.26. The smallest absolute Gasteiger partial charge is 0.303 e. The van der Waals surface area contributed by atoms with Gasteiger partial charge >= 0.3 is 5.97 Å². The van der Waals surface area contributed by atoms with E-state index in [1.165, 1.54) is 0 Å². The molecule has 1 aliphatic heterocycles. The maximum Gasteiger partial charge on any atom is 0.303 e. The highest BCUT2D eigenvalue weighted by atomic mass is 32.2. The van der Waals surface area contributed by atoms with Crippen LogP contribution in [0.2, 0.25) is 0 Å². The fourth-order valence-electron chi connectivity index (χ4n) is 3.52. The molecule has 1 aliphatic rings. The zero-order valence-electron chi connectivity index (χ0n) is 15.4. The van der Waals surface area contributed by atoms with Crippen molar-refractivity contribution in [2.75, 3.05) is 39.5 Å². The Balaban J connectivity index is 2.02. The van der Waals surface area contributed by atoms with Gasteiger partial charge in [-0.3, -0.25) is 9.59 Å². The van der Waals surface area contributed by atoms with Gasteiger partial charge in [0.25, 0.3) is 5.91 Å². The third kappa shape index (κ3) is 5.72. The molecule has 1 aromatic carbocycles. The molecule has 1 aromatic rings. The molecule has 0 radical (unpaired) electrons. The molecule has 0 aliphatic carbocycles. The third-order valence-electron chi connectivity index (χ3n) is 4.83. The minimum absolute atomic E-state index is 0.00115. The molecule has 0 spiro atoms. The van der Waals surface area contributed by atoms with Gasteiger partial charge in [-0.25, -0.2) is 0 Å². The number of benzene rings is 1. The van der Waals surface area contributed by atoms with Crippen LogP contribution in [0.3, 0.4) is 0 Å². The third-order valence-corrected chi connectivity index (χ3v) is 5.83. The normalized spacial score (nSPS) is 20.4. The number of likely N-dealkylation sites (tertiary alicyclic amines) is 1. The topological polar surface area (TPSA) is 81.1 Å². The van der Waals surface area contributed by atoms with Gasteiger partial charge in [-0.05, 0) is 57.1 Å². The fraction of sp³-hybridized carbons (Fsp3) is 0.579. The zero-order valence-corrected chi connectivity index (χ0v) is 16.2. The summed E-state index contributed by atoms with van der Waals surface area (Å²) in [6.07, 6.45) is 1.57. The van der Waals surface area contributed by atoms with Gasteiger partial charge in [-0.1, -0.05) is 0 Å². The van der Waals surface area contributed by atoms with Crippen LogP contribution in [0.25, 0.3) is 0 Å². The molecule has 2 rings (SSSR count). The lowest BCUT2D eigenvalue weighted by Crippen LogP contribution is -2.50. The van der Waals surface area contributed by atoms with Crippen molar-refractivity contribution < 1.29 is 19.8 Å². The number of piperidine rings is 1. The largest absolute Gasteiger partial charge is 0.481 e. The van der Waals surface area contributed by atoms with Crippen LogP contribution in [-0.2, 0) is 4.79 Å². The van der Waals surface area contributed by atoms with Crippen LogP contribution >= 0.6 is 11.8 Å². The Bertz CT molecular complexity index is 606. The number of aliphatic carboxylic acids is 1. The van der Waals surface area contributed by atoms with Crippen LogP contribution < -0.4 is 0 Å². The Morgan fingerprint density at radius 3 is 2.54 bits per heavy atom. The number of carboxylic acids is 1. The van der Waals surface area contributed by atoms with Gasteiger partial charge in [0.15, 0.2) is 0 Å². The van der Waals surface area contributed by atoms with Crippen LogP contribution in [-0.4, -0.2) is 77.5 Å². The van der Waals surface area contributed by atoms with Crippen LogP contribution in [0.15, 0.2) is 29.2 Å². The molecular weight excluding hydrogens is 352 g/mol. The van der Waals surface area contributed by atoms with E-state index in [1.807, 2.05) is 43.3 Å². The number of nitrogens with zero attached hydrogens (tertiary/aromatic N) is 2. The number of carboxylic acid groups (broad SMARTS) is 1. The van der Waals surface area contributed by atoms with E-state index in [0.717, 1.165) is 11.3 Å². The predicted molar refractivity (Wildman–Crippen MR) is 103 cm³/mol. The Labute approximate surface area is 159 Å². The van der Waals surface area contributed by atoms with Gasteiger partial charge in [0.2, 0.25) is 0 Å². The predicted octanol–water partition coefficient (Wildman–Crippen LogP) is 2.03. The first-order chi connectivity index (χ1) is 12.4. The quantitative estimate of drug-likeness (QED) is 0.672. The minimum Gasteiger partial charge on any atom is -0.481 e. The maximum atomic E-state index is 12.8. The number of carbonyl (C=O) groups excluding carboxylic acids is 1. The Morgan fingerprint density at radius 1 is 1.27 bits per heavy atom. The van der Waals surface area contributed by atoms with E-state index < -0.39 is 5.97 Å². The molecule has 26 heavy (non-hydrogen) atoms. The summed E-state index contributed by atoms with van der Waals surface area (Å²) in [7, 11) is 4.03. The van der Waals surface area contributed by atoms with Gasteiger partial charge in [0, 0.05) is 41.8 Å². The van der Waals surface area contributed by atoms with E-state index in [4.69, 9.17) is 10.2 Å². The van der Waals surface area contributed by atoms with Crippen molar-refractivity contribution in [1.29, 1.82) is 0 Å². The van der Waals surface area contributed by atoms with Crippen LogP contribution in [0, 0.1) is 5.92 Å². The average Bonchev–Trinajstić information content (AvgIpc) is 2.64. The minimum atomic E-state index is -0.790. The Kier molecular flexibility index (Phi) is 7.93. The summed E-state index contributed by atoms with van der Waals surface area (Å²) in [6.45, 7) is 1.41. The molecule has 2 N–H and O–H groups in total. The highest BCUT2D eigenvalue weighted by Gasteiger charge is 2.33. The Hall–Kier alpha value is -1.57. The lowest BCUT2D eigenvalue weighted by atomic mass is 9.87. The van der Waals surface area contributed by atoms with Gasteiger partial charge in [-0.2, -0.15) is 0 Å². The second-order valence-electron chi connectivity index (χ2n) is 6.86. The maximum absolute atomic E-state index is 12.8. The molecule has 0 bridgehead atoms. The number of rotatable bonds is 8. The molecule has 0 saturated carbocycles. The molecule has 0 unspecified atom stereocenters. The fourth-order valence-corrected chi connectivity index (χ4v) is 4.17. The summed E-state index contributed by atoms with van der Waals surface area (Å²) >= 11 is 1.55. The van der Waals surface area contributed by atoms with Gasteiger partial charge in [0.05, 0.1) is 6.61 Å². The van der Waals surface area contributed by atoms with E-state index in [-0.39, 0.29) is 24.9 Å². The molecule has 0 aromatic heterocycles. The summed E-state index contributed by atoms with van der Waals surface area (Å²) in [5.41, 5.74) is 0.652. The number of aliphatic hydroxyl groups is 1. The number of carbonyl (C=O) groups is 2. The first-order valence-electron chi connectivity index (χ1n) is 8.93. The van der Waals surface area contributed by atoms with E-state index >= 15 is 0 Å². The van der Waals surface area contributed by atoms with Crippen LogP contribution in [0.1, 0.15) is 29.6 Å². The van der Waals surface area contributed by atoms with Gasteiger partial charge in [-0.15, -0.1) is 11.8 Å². The van der Waals surface area contributed by atoms with Gasteiger partial charge in [0.1, 0.15) is 0 Å². The van der Waals surface area contributed by atoms with Crippen LogP contribution in [0.5, 0.6) is 0 Å².